The van der Waals surface area contributed by atoms with E-state index in [1.165, 1.54) is 4.88 Å². The molecule has 0 saturated heterocycles. The van der Waals surface area contributed by atoms with Gasteiger partial charge in [0.1, 0.15) is 0 Å². The van der Waals surface area contributed by atoms with E-state index in [-0.39, 0.29) is 11.3 Å². The smallest absolute Gasteiger partial charge is 0.251 e. The van der Waals surface area contributed by atoms with Gasteiger partial charge in [0.25, 0.3) is 5.91 Å². The molecule has 0 atom stereocenters. The topological polar surface area (TPSA) is 68.8 Å². The predicted molar refractivity (Wildman–Crippen MR) is 123 cm³/mol. The Kier molecular flexibility index (Phi) is 8.67. The number of aliphatic imine (C=N–C) groups is 1. The molecule has 158 valence electrons. The van der Waals surface area contributed by atoms with Crippen LogP contribution in [0.25, 0.3) is 0 Å². The summed E-state index contributed by atoms with van der Waals surface area (Å²) in [4.78, 5) is 20.0. The van der Waals surface area contributed by atoms with E-state index >= 15 is 0 Å². The Labute approximate surface area is 178 Å². The Bertz CT molecular complexity index is 799. The predicted octanol–water partition coefficient (Wildman–Crippen LogP) is 2.68. The van der Waals surface area contributed by atoms with Gasteiger partial charge in [-0.05, 0) is 43.2 Å². The van der Waals surface area contributed by atoms with Crippen LogP contribution in [0.15, 0.2) is 46.8 Å². The molecule has 2 rings (SSSR count). The van der Waals surface area contributed by atoms with Crippen molar-refractivity contribution in [2.24, 2.45) is 4.99 Å². The van der Waals surface area contributed by atoms with Gasteiger partial charge in [-0.2, -0.15) is 0 Å². The number of guanidine groups is 1. The standard InChI is InChI=1S/C22H33N5OS/c1-22(2,19-10-7-13-29-19)16-26-21(23-3)25-15-17-8-6-9-18(14-17)20(28)24-11-12-27(4)5/h6-10,13-14H,11-12,15-16H2,1-5H3,(H,24,28)(H2,23,25,26). The monoisotopic (exact) mass is 415 g/mol. The van der Waals surface area contributed by atoms with Crippen molar-refractivity contribution in [3.63, 3.8) is 0 Å². The summed E-state index contributed by atoms with van der Waals surface area (Å²) in [6, 6.07) is 11.9. The summed E-state index contributed by atoms with van der Waals surface area (Å²) in [6.07, 6.45) is 0. The second-order valence-corrected chi connectivity index (χ2v) is 8.85. The molecule has 1 heterocycles. The number of rotatable bonds is 9. The first-order valence-electron chi connectivity index (χ1n) is 9.82. The third-order valence-corrected chi connectivity index (χ3v) is 5.84. The van der Waals surface area contributed by atoms with Crippen LogP contribution in [0.3, 0.4) is 0 Å². The molecule has 6 nitrogen and oxygen atoms in total. The lowest BCUT2D eigenvalue weighted by atomic mass is 9.91. The summed E-state index contributed by atoms with van der Waals surface area (Å²) in [5.41, 5.74) is 1.73. The maximum absolute atomic E-state index is 12.3. The second-order valence-electron chi connectivity index (χ2n) is 7.90. The normalized spacial score (nSPS) is 12.1. The van der Waals surface area contributed by atoms with E-state index in [4.69, 9.17) is 0 Å². The van der Waals surface area contributed by atoms with Crippen LogP contribution in [0, 0.1) is 0 Å². The molecule has 0 aliphatic heterocycles. The highest BCUT2D eigenvalue weighted by molar-refractivity contribution is 7.10. The van der Waals surface area contributed by atoms with Gasteiger partial charge in [0.05, 0.1) is 0 Å². The van der Waals surface area contributed by atoms with Crippen LogP contribution in [0.2, 0.25) is 0 Å². The molecule has 0 aliphatic rings. The van der Waals surface area contributed by atoms with Gasteiger partial charge in [-0.3, -0.25) is 9.79 Å². The molecule has 0 fully saturated rings. The van der Waals surface area contributed by atoms with Crippen molar-refractivity contribution in [1.82, 2.24) is 20.9 Å². The largest absolute Gasteiger partial charge is 0.356 e. The van der Waals surface area contributed by atoms with Crippen molar-refractivity contribution in [2.75, 3.05) is 40.8 Å². The molecule has 2 aromatic rings. The van der Waals surface area contributed by atoms with E-state index in [9.17, 15) is 4.79 Å². The summed E-state index contributed by atoms with van der Waals surface area (Å²) in [6.45, 7) is 7.26. The van der Waals surface area contributed by atoms with Crippen LogP contribution in [0.5, 0.6) is 0 Å². The molecule has 3 N–H and O–H groups in total. The SMILES string of the molecule is CN=C(NCc1cccc(C(=O)NCCN(C)C)c1)NCC(C)(C)c1cccs1. The zero-order valence-corrected chi connectivity index (χ0v) is 18.9. The molecule has 7 heteroatoms. The lowest BCUT2D eigenvalue weighted by Gasteiger charge is -2.25. The number of likely N-dealkylation sites (N-methyl/N-ethyl adjacent to an activating group) is 1. The van der Waals surface area contributed by atoms with Gasteiger partial charge in [-0.25, -0.2) is 0 Å². The number of carbonyl (C=O) groups excluding carboxylic acids is 1. The van der Waals surface area contributed by atoms with Gasteiger partial charge < -0.3 is 20.9 Å². The van der Waals surface area contributed by atoms with Crippen molar-refractivity contribution < 1.29 is 4.79 Å². The minimum Gasteiger partial charge on any atom is -0.356 e. The zero-order valence-electron chi connectivity index (χ0n) is 18.1. The molecule has 1 amide bonds. The van der Waals surface area contributed by atoms with Crippen molar-refractivity contribution in [3.8, 4) is 0 Å². The van der Waals surface area contributed by atoms with Crippen LogP contribution < -0.4 is 16.0 Å². The van der Waals surface area contributed by atoms with E-state index in [0.29, 0.717) is 18.7 Å². The number of thiophene rings is 1. The first kappa shape index (κ1) is 22.9. The summed E-state index contributed by atoms with van der Waals surface area (Å²) >= 11 is 1.77. The molecule has 0 unspecified atom stereocenters. The number of carbonyl (C=O) groups is 1. The first-order chi connectivity index (χ1) is 13.8. The molecule has 0 aliphatic carbocycles. The average molecular weight is 416 g/mol. The third-order valence-electron chi connectivity index (χ3n) is 4.60. The molecule has 29 heavy (non-hydrogen) atoms. The molecule has 1 aromatic carbocycles. The summed E-state index contributed by atoms with van der Waals surface area (Å²) in [7, 11) is 5.74. The minimum atomic E-state index is -0.0473. The van der Waals surface area contributed by atoms with Gasteiger partial charge in [-0.15, -0.1) is 11.3 Å². The van der Waals surface area contributed by atoms with Crippen molar-refractivity contribution in [2.45, 2.75) is 25.8 Å². The molecular weight excluding hydrogens is 382 g/mol. The number of hydrogen-bond donors (Lipinski definition) is 3. The quantitative estimate of drug-likeness (QED) is 0.435. The maximum Gasteiger partial charge on any atom is 0.251 e. The Morgan fingerprint density at radius 2 is 1.93 bits per heavy atom. The Hall–Kier alpha value is -2.38. The average Bonchev–Trinajstić information content (AvgIpc) is 3.24. The number of benzene rings is 1. The van der Waals surface area contributed by atoms with Gasteiger partial charge >= 0.3 is 0 Å². The van der Waals surface area contributed by atoms with Crippen LogP contribution in [-0.4, -0.2) is 57.5 Å². The molecule has 0 radical (unpaired) electrons. The van der Waals surface area contributed by atoms with E-state index in [2.05, 4.69) is 52.3 Å². The Balaban J connectivity index is 1.87. The van der Waals surface area contributed by atoms with Gasteiger partial charge in [0.2, 0.25) is 0 Å². The summed E-state index contributed by atoms with van der Waals surface area (Å²) in [5.74, 6) is 0.698. The van der Waals surface area contributed by atoms with Crippen molar-refractivity contribution in [3.05, 3.63) is 57.8 Å². The third kappa shape index (κ3) is 7.51. The number of nitrogens with one attached hydrogen (secondary N) is 3. The summed E-state index contributed by atoms with van der Waals surface area (Å²) in [5, 5.41) is 11.8. The van der Waals surface area contributed by atoms with Crippen LogP contribution >= 0.6 is 11.3 Å². The number of hydrogen-bond acceptors (Lipinski definition) is 4. The zero-order chi connectivity index (χ0) is 21.3. The molecule has 1 aromatic heterocycles. The maximum atomic E-state index is 12.3. The van der Waals surface area contributed by atoms with E-state index in [1.54, 1.807) is 18.4 Å². The highest BCUT2D eigenvalue weighted by atomic mass is 32.1. The first-order valence-corrected chi connectivity index (χ1v) is 10.7. The Morgan fingerprint density at radius 1 is 1.14 bits per heavy atom. The molecule has 0 bridgehead atoms. The fourth-order valence-corrected chi connectivity index (χ4v) is 3.63. The highest BCUT2D eigenvalue weighted by Crippen LogP contribution is 2.26. The van der Waals surface area contributed by atoms with Gasteiger partial charge in [0.15, 0.2) is 5.96 Å². The molecular formula is C22H33N5OS. The second kappa shape index (κ2) is 11.0. The van der Waals surface area contributed by atoms with E-state index < -0.39 is 0 Å². The fraction of sp³-hybridized carbons (Fsp3) is 0.455. The van der Waals surface area contributed by atoms with E-state index in [0.717, 1.165) is 24.6 Å². The van der Waals surface area contributed by atoms with E-state index in [1.807, 2.05) is 43.3 Å². The summed E-state index contributed by atoms with van der Waals surface area (Å²) < 4.78 is 0. The minimum absolute atomic E-state index is 0.0242. The highest BCUT2D eigenvalue weighted by Gasteiger charge is 2.21. The lowest BCUT2D eigenvalue weighted by molar-refractivity contribution is 0.0951. The lowest BCUT2D eigenvalue weighted by Crippen LogP contribution is -2.43. The van der Waals surface area contributed by atoms with Gasteiger partial charge in [0, 0.05) is 49.1 Å². The molecule has 0 saturated carbocycles. The fourth-order valence-electron chi connectivity index (χ4n) is 2.78. The van der Waals surface area contributed by atoms with Crippen molar-refractivity contribution >= 4 is 23.2 Å². The van der Waals surface area contributed by atoms with Crippen LogP contribution in [0.1, 0.15) is 34.6 Å². The Morgan fingerprint density at radius 3 is 2.59 bits per heavy atom. The van der Waals surface area contributed by atoms with Gasteiger partial charge in [-0.1, -0.05) is 32.0 Å². The molecule has 0 spiro atoms. The number of nitrogens with zero attached hydrogens (tertiary/aromatic N) is 2. The number of amides is 1. The van der Waals surface area contributed by atoms with Crippen LogP contribution in [-0.2, 0) is 12.0 Å². The van der Waals surface area contributed by atoms with Crippen LogP contribution in [0.4, 0.5) is 0 Å². The van der Waals surface area contributed by atoms with Crippen molar-refractivity contribution in [1.29, 1.82) is 0 Å².